The lowest BCUT2D eigenvalue weighted by molar-refractivity contribution is -0.384. The number of nitrogens with one attached hydrogen (secondary N) is 1. The number of carbonyl (C=O) groups excluding carboxylic acids is 1. The number of H-pyrrole nitrogens is 1. The summed E-state index contributed by atoms with van der Waals surface area (Å²) in [6, 6.07) is 7.58. The number of aromatic amines is 1. The molecule has 3 aromatic rings. The van der Waals surface area contributed by atoms with Crippen molar-refractivity contribution in [2.45, 2.75) is 6.92 Å². The number of ketones is 1. The lowest BCUT2D eigenvalue weighted by atomic mass is 10.0. The fourth-order valence-electron chi connectivity index (χ4n) is 2.21. The zero-order chi connectivity index (χ0) is 15.0. The normalized spacial score (nSPS) is 10.7. The first-order valence-corrected chi connectivity index (χ1v) is 6.29. The van der Waals surface area contributed by atoms with Crippen LogP contribution in [0.2, 0.25) is 0 Å². The summed E-state index contributed by atoms with van der Waals surface area (Å²) in [6.45, 7) is 1.89. The van der Waals surface area contributed by atoms with Gasteiger partial charge in [0.15, 0.2) is 5.78 Å². The second kappa shape index (κ2) is 4.82. The molecule has 2 aromatic heterocycles. The zero-order valence-corrected chi connectivity index (χ0v) is 11.2. The number of non-ortho nitro benzene ring substituents is 1. The van der Waals surface area contributed by atoms with Crippen molar-refractivity contribution in [2.75, 3.05) is 0 Å². The van der Waals surface area contributed by atoms with Gasteiger partial charge in [0.1, 0.15) is 5.65 Å². The predicted molar refractivity (Wildman–Crippen MR) is 77.4 cm³/mol. The zero-order valence-electron chi connectivity index (χ0n) is 11.2. The molecule has 0 saturated carbocycles. The Labute approximate surface area is 119 Å². The van der Waals surface area contributed by atoms with Gasteiger partial charge in [0, 0.05) is 41.0 Å². The van der Waals surface area contributed by atoms with Crippen molar-refractivity contribution in [3.05, 3.63) is 69.5 Å². The minimum atomic E-state index is -0.516. The Kier molecular flexibility index (Phi) is 2.98. The molecule has 0 aliphatic heterocycles. The summed E-state index contributed by atoms with van der Waals surface area (Å²) in [6.07, 6.45) is 3.29. The van der Waals surface area contributed by atoms with E-state index in [4.69, 9.17) is 0 Å². The number of aryl methyl sites for hydroxylation is 1. The average Bonchev–Trinajstić information content (AvgIpc) is 2.89. The maximum atomic E-state index is 12.5. The van der Waals surface area contributed by atoms with E-state index in [-0.39, 0.29) is 17.0 Å². The molecule has 0 radical (unpaired) electrons. The predicted octanol–water partition coefficient (Wildman–Crippen LogP) is 3.01. The molecule has 3 rings (SSSR count). The van der Waals surface area contributed by atoms with Gasteiger partial charge in [-0.15, -0.1) is 0 Å². The van der Waals surface area contributed by atoms with Gasteiger partial charge < -0.3 is 4.98 Å². The number of fused-ring (bicyclic) bond motifs is 1. The Morgan fingerprint density at radius 2 is 2.14 bits per heavy atom. The maximum Gasteiger partial charge on any atom is 0.270 e. The number of benzene rings is 1. The molecule has 0 aliphatic carbocycles. The van der Waals surface area contributed by atoms with Crippen LogP contribution in [0.15, 0.2) is 42.7 Å². The van der Waals surface area contributed by atoms with Gasteiger partial charge in [-0.3, -0.25) is 14.9 Å². The van der Waals surface area contributed by atoms with Crippen molar-refractivity contribution in [1.82, 2.24) is 9.97 Å². The molecule has 6 heteroatoms. The second-order valence-electron chi connectivity index (χ2n) is 4.75. The van der Waals surface area contributed by atoms with Gasteiger partial charge in [-0.1, -0.05) is 12.1 Å². The number of pyridine rings is 1. The first kappa shape index (κ1) is 13.0. The standard InChI is InChI=1S/C15H11N3O3/c1-9-5-12-13(8-17-15(12)16-7-9)14(19)10-3-2-4-11(6-10)18(20)21/h2-8H,1H3,(H,16,17). The summed E-state index contributed by atoms with van der Waals surface area (Å²) in [5, 5.41) is 11.5. The van der Waals surface area contributed by atoms with Crippen molar-refractivity contribution in [3.63, 3.8) is 0 Å². The number of hydrogen-bond acceptors (Lipinski definition) is 4. The molecule has 1 aromatic carbocycles. The number of nitro groups is 1. The number of rotatable bonds is 3. The molecule has 0 fully saturated rings. The molecule has 0 unspecified atom stereocenters. The average molecular weight is 281 g/mol. The lowest BCUT2D eigenvalue weighted by Crippen LogP contribution is -2.01. The van der Waals surface area contributed by atoms with Crippen LogP contribution in [0.3, 0.4) is 0 Å². The Balaban J connectivity index is 2.10. The van der Waals surface area contributed by atoms with E-state index in [9.17, 15) is 14.9 Å². The van der Waals surface area contributed by atoms with E-state index in [1.54, 1.807) is 18.5 Å². The molecule has 0 aliphatic rings. The van der Waals surface area contributed by atoms with Crippen LogP contribution in [-0.2, 0) is 0 Å². The molecule has 104 valence electrons. The van der Waals surface area contributed by atoms with Gasteiger partial charge in [0.05, 0.1) is 4.92 Å². The minimum Gasteiger partial charge on any atom is -0.345 e. The summed E-state index contributed by atoms with van der Waals surface area (Å²) < 4.78 is 0. The van der Waals surface area contributed by atoms with Gasteiger partial charge >= 0.3 is 0 Å². The SMILES string of the molecule is Cc1cnc2[nH]cc(C(=O)c3cccc([N+](=O)[O-])c3)c2c1. The highest BCUT2D eigenvalue weighted by Crippen LogP contribution is 2.22. The van der Waals surface area contributed by atoms with Gasteiger partial charge in [-0.2, -0.15) is 0 Å². The van der Waals surface area contributed by atoms with Crippen molar-refractivity contribution in [3.8, 4) is 0 Å². The smallest absolute Gasteiger partial charge is 0.270 e. The van der Waals surface area contributed by atoms with Gasteiger partial charge in [-0.05, 0) is 18.6 Å². The molecule has 0 bridgehead atoms. The first-order chi connectivity index (χ1) is 10.1. The van der Waals surface area contributed by atoms with E-state index in [0.717, 1.165) is 5.56 Å². The van der Waals surface area contributed by atoms with Crippen molar-refractivity contribution in [2.24, 2.45) is 0 Å². The molecule has 0 amide bonds. The van der Waals surface area contributed by atoms with E-state index >= 15 is 0 Å². The van der Waals surface area contributed by atoms with E-state index in [1.165, 1.54) is 18.2 Å². The van der Waals surface area contributed by atoms with Crippen molar-refractivity contribution in [1.29, 1.82) is 0 Å². The number of aromatic nitrogens is 2. The van der Waals surface area contributed by atoms with Crippen molar-refractivity contribution < 1.29 is 9.72 Å². The van der Waals surface area contributed by atoms with E-state index in [1.807, 2.05) is 13.0 Å². The molecular formula is C15H11N3O3. The highest BCUT2D eigenvalue weighted by molar-refractivity contribution is 6.16. The highest BCUT2D eigenvalue weighted by atomic mass is 16.6. The largest absolute Gasteiger partial charge is 0.345 e. The third kappa shape index (κ3) is 2.27. The second-order valence-corrected chi connectivity index (χ2v) is 4.75. The fraction of sp³-hybridized carbons (Fsp3) is 0.0667. The monoisotopic (exact) mass is 281 g/mol. The highest BCUT2D eigenvalue weighted by Gasteiger charge is 2.17. The van der Waals surface area contributed by atoms with E-state index in [0.29, 0.717) is 16.6 Å². The lowest BCUT2D eigenvalue weighted by Gasteiger charge is -2.00. The number of nitro benzene ring substituents is 1. The number of nitrogens with zero attached hydrogens (tertiary/aromatic N) is 2. The molecule has 0 spiro atoms. The summed E-state index contributed by atoms with van der Waals surface area (Å²) >= 11 is 0. The maximum absolute atomic E-state index is 12.5. The van der Waals surface area contributed by atoms with Crippen LogP contribution in [0, 0.1) is 17.0 Å². The summed E-state index contributed by atoms with van der Waals surface area (Å²) in [4.78, 5) is 30.0. The number of hydrogen-bond donors (Lipinski definition) is 1. The third-order valence-electron chi connectivity index (χ3n) is 3.23. The van der Waals surface area contributed by atoms with Crippen LogP contribution in [0.25, 0.3) is 11.0 Å². The van der Waals surface area contributed by atoms with Crippen LogP contribution >= 0.6 is 0 Å². The Morgan fingerprint density at radius 3 is 2.90 bits per heavy atom. The summed E-state index contributed by atoms with van der Waals surface area (Å²) in [5.74, 6) is -0.266. The van der Waals surface area contributed by atoms with E-state index < -0.39 is 4.92 Å². The molecule has 0 atom stereocenters. The van der Waals surface area contributed by atoms with E-state index in [2.05, 4.69) is 9.97 Å². The minimum absolute atomic E-state index is 0.102. The summed E-state index contributed by atoms with van der Waals surface area (Å²) in [7, 11) is 0. The fourth-order valence-corrected chi connectivity index (χ4v) is 2.21. The first-order valence-electron chi connectivity index (χ1n) is 6.29. The van der Waals surface area contributed by atoms with Crippen LogP contribution in [-0.4, -0.2) is 20.7 Å². The number of carbonyl (C=O) groups is 1. The van der Waals surface area contributed by atoms with Gasteiger partial charge in [0.2, 0.25) is 0 Å². The molecule has 1 N–H and O–H groups in total. The molecule has 0 saturated heterocycles. The Hall–Kier alpha value is -3.02. The topological polar surface area (TPSA) is 88.9 Å². The molecule has 6 nitrogen and oxygen atoms in total. The van der Waals surface area contributed by atoms with Crippen LogP contribution < -0.4 is 0 Å². The quantitative estimate of drug-likeness (QED) is 0.454. The molecule has 2 heterocycles. The van der Waals surface area contributed by atoms with Crippen molar-refractivity contribution >= 4 is 22.5 Å². The third-order valence-corrected chi connectivity index (χ3v) is 3.23. The van der Waals surface area contributed by atoms with Gasteiger partial charge in [0.25, 0.3) is 5.69 Å². The Bertz CT molecular complexity index is 867. The van der Waals surface area contributed by atoms with Crippen LogP contribution in [0.5, 0.6) is 0 Å². The molecular weight excluding hydrogens is 270 g/mol. The van der Waals surface area contributed by atoms with Gasteiger partial charge in [-0.25, -0.2) is 4.98 Å². The van der Waals surface area contributed by atoms with Crippen LogP contribution in [0.4, 0.5) is 5.69 Å². The van der Waals surface area contributed by atoms with Crippen LogP contribution in [0.1, 0.15) is 21.5 Å². The summed E-state index contributed by atoms with van der Waals surface area (Å²) in [5.41, 5.74) is 2.20. The Morgan fingerprint density at radius 1 is 1.33 bits per heavy atom. The molecule has 21 heavy (non-hydrogen) atoms.